The molecule has 0 unspecified atom stereocenters. The van der Waals surface area contributed by atoms with Crippen LogP contribution in [0.5, 0.6) is 11.5 Å². The first-order valence-corrected chi connectivity index (χ1v) is 6.84. The van der Waals surface area contributed by atoms with Crippen molar-refractivity contribution in [1.29, 1.82) is 0 Å². The molecule has 20 heavy (non-hydrogen) atoms. The van der Waals surface area contributed by atoms with Crippen LogP contribution in [-0.2, 0) is 6.61 Å². The number of benzene rings is 2. The Morgan fingerprint density at radius 1 is 1.25 bits per heavy atom. The molecule has 0 heterocycles. The van der Waals surface area contributed by atoms with E-state index in [2.05, 4.69) is 15.9 Å². The molecular weight excluding hydrogens is 323 g/mol. The fourth-order valence-electron chi connectivity index (χ4n) is 1.81. The average Bonchev–Trinajstić information content (AvgIpc) is 2.45. The molecule has 6 heteroatoms. The van der Waals surface area contributed by atoms with E-state index in [1.807, 2.05) is 30.3 Å². The molecule has 0 aromatic heterocycles. The van der Waals surface area contributed by atoms with Crippen molar-refractivity contribution in [3.63, 3.8) is 0 Å². The van der Waals surface area contributed by atoms with Gasteiger partial charge in [-0.2, -0.15) is 0 Å². The number of para-hydroxylation sites is 1. The lowest BCUT2D eigenvalue weighted by Crippen LogP contribution is -2.31. The van der Waals surface area contributed by atoms with Crippen LogP contribution in [-0.4, -0.2) is 24.3 Å². The molecular formula is C14H15BBrO4+. The zero-order chi connectivity index (χ0) is 14.5. The molecule has 4 nitrogen and oxygen atoms in total. The number of halogens is 1. The maximum Gasteiger partial charge on any atom is 0.731 e. The van der Waals surface area contributed by atoms with Gasteiger partial charge in [-0.15, -0.1) is 0 Å². The highest BCUT2D eigenvalue weighted by molar-refractivity contribution is 9.10. The lowest BCUT2D eigenvalue weighted by Gasteiger charge is -2.11. The first-order valence-electron chi connectivity index (χ1n) is 6.05. The van der Waals surface area contributed by atoms with Gasteiger partial charge in [-0.05, 0) is 39.7 Å². The van der Waals surface area contributed by atoms with Crippen molar-refractivity contribution >= 4 is 28.5 Å². The second-order valence-corrected chi connectivity index (χ2v) is 5.06. The molecule has 2 aromatic carbocycles. The third-order valence-electron chi connectivity index (χ3n) is 2.81. The highest BCUT2D eigenvalue weighted by atomic mass is 79.9. The van der Waals surface area contributed by atoms with Crippen LogP contribution in [0.1, 0.15) is 5.56 Å². The minimum Gasteiger partial charge on any atom is -0.522 e. The summed E-state index contributed by atoms with van der Waals surface area (Å²) in [6, 6.07) is 12.8. The van der Waals surface area contributed by atoms with Crippen LogP contribution in [0.15, 0.2) is 46.9 Å². The van der Waals surface area contributed by atoms with E-state index in [1.54, 1.807) is 19.2 Å². The third-order valence-corrected chi connectivity index (χ3v) is 3.43. The number of rotatable bonds is 5. The van der Waals surface area contributed by atoms with E-state index in [9.17, 15) is 5.02 Å². The Kier molecular flexibility index (Phi) is 5.06. The monoisotopic (exact) mass is 337 g/mol. The first kappa shape index (κ1) is 14.9. The van der Waals surface area contributed by atoms with Gasteiger partial charge in [-0.25, -0.2) is 0 Å². The molecule has 2 rings (SSSR count). The summed E-state index contributed by atoms with van der Waals surface area (Å²) >= 11 is 3.37. The molecule has 0 aliphatic carbocycles. The maximum atomic E-state index is 9.45. The minimum absolute atomic E-state index is 0.333. The molecule has 0 atom stereocenters. The normalized spacial score (nSPS) is 10.2. The quantitative estimate of drug-likeness (QED) is 0.663. The second-order valence-electron chi connectivity index (χ2n) is 4.20. The summed E-state index contributed by atoms with van der Waals surface area (Å²) in [5.74, 6) is 1.25. The SMILES string of the molecule is COc1cccc(COc2c(Br)cccc2B(O)[OH2+])c1. The largest absolute Gasteiger partial charge is 0.731 e. The van der Waals surface area contributed by atoms with Gasteiger partial charge in [-0.1, -0.05) is 24.3 Å². The van der Waals surface area contributed by atoms with Gasteiger partial charge in [-0.3, -0.25) is 0 Å². The Balaban J connectivity index is 2.18. The van der Waals surface area contributed by atoms with Crippen LogP contribution in [0.3, 0.4) is 0 Å². The van der Waals surface area contributed by atoms with E-state index in [0.29, 0.717) is 22.3 Å². The Morgan fingerprint density at radius 3 is 2.70 bits per heavy atom. The number of ether oxygens (including phenoxy) is 2. The average molecular weight is 338 g/mol. The first-order chi connectivity index (χ1) is 9.61. The van der Waals surface area contributed by atoms with Crippen molar-refractivity contribution in [3.05, 3.63) is 52.5 Å². The highest BCUT2D eigenvalue weighted by Gasteiger charge is 2.28. The van der Waals surface area contributed by atoms with Crippen LogP contribution < -0.4 is 14.9 Å². The predicted molar refractivity (Wildman–Crippen MR) is 82.7 cm³/mol. The van der Waals surface area contributed by atoms with Crippen molar-refractivity contribution < 1.29 is 19.5 Å². The van der Waals surface area contributed by atoms with E-state index < -0.39 is 7.12 Å². The Labute approximate surface area is 126 Å². The van der Waals surface area contributed by atoms with Crippen LogP contribution in [0.25, 0.3) is 0 Å². The zero-order valence-corrected chi connectivity index (χ0v) is 12.6. The highest BCUT2D eigenvalue weighted by Crippen LogP contribution is 2.24. The molecule has 0 saturated carbocycles. The molecule has 0 radical (unpaired) electrons. The summed E-state index contributed by atoms with van der Waals surface area (Å²) in [6.07, 6.45) is 0. The fourth-order valence-corrected chi connectivity index (χ4v) is 2.31. The van der Waals surface area contributed by atoms with Gasteiger partial charge in [0.15, 0.2) is 0 Å². The van der Waals surface area contributed by atoms with E-state index in [4.69, 9.17) is 14.5 Å². The zero-order valence-electron chi connectivity index (χ0n) is 11.0. The van der Waals surface area contributed by atoms with E-state index in [-0.39, 0.29) is 0 Å². The number of hydrogen-bond acceptors (Lipinski definition) is 3. The van der Waals surface area contributed by atoms with Crippen LogP contribution in [0, 0.1) is 0 Å². The molecule has 0 fully saturated rings. The van der Waals surface area contributed by atoms with Gasteiger partial charge >= 0.3 is 7.12 Å². The summed E-state index contributed by atoms with van der Waals surface area (Å²) in [4.78, 5) is 0. The molecule has 0 saturated heterocycles. The molecule has 0 amide bonds. The van der Waals surface area contributed by atoms with Gasteiger partial charge in [0.25, 0.3) is 0 Å². The van der Waals surface area contributed by atoms with Crippen molar-refractivity contribution in [2.75, 3.05) is 7.11 Å². The summed E-state index contributed by atoms with van der Waals surface area (Å²) < 4.78 is 11.6. The maximum absolute atomic E-state index is 9.45. The van der Waals surface area contributed by atoms with Crippen LogP contribution >= 0.6 is 15.9 Å². The van der Waals surface area contributed by atoms with E-state index in [0.717, 1.165) is 11.3 Å². The smallest absolute Gasteiger partial charge is 0.522 e. The summed E-state index contributed by atoms with van der Waals surface area (Å²) in [7, 11) is 0.287. The van der Waals surface area contributed by atoms with Gasteiger partial charge < -0.3 is 19.5 Å². The third kappa shape index (κ3) is 3.53. The molecule has 0 aliphatic rings. The van der Waals surface area contributed by atoms with Crippen molar-refractivity contribution in [2.24, 2.45) is 0 Å². The molecule has 0 bridgehead atoms. The molecule has 0 spiro atoms. The van der Waals surface area contributed by atoms with Gasteiger partial charge in [0.1, 0.15) is 18.1 Å². The van der Waals surface area contributed by atoms with Crippen LogP contribution in [0.4, 0.5) is 0 Å². The van der Waals surface area contributed by atoms with Crippen molar-refractivity contribution in [1.82, 2.24) is 0 Å². The lowest BCUT2D eigenvalue weighted by atomic mass is 9.79. The van der Waals surface area contributed by atoms with Gasteiger partial charge in [0, 0.05) is 0 Å². The second kappa shape index (κ2) is 6.79. The fraction of sp³-hybridized carbons (Fsp3) is 0.143. The summed E-state index contributed by atoms with van der Waals surface area (Å²) in [5, 5.41) is 16.9. The summed E-state index contributed by atoms with van der Waals surface area (Å²) in [6.45, 7) is 0.333. The van der Waals surface area contributed by atoms with Gasteiger partial charge in [0.05, 0.1) is 17.0 Å². The van der Waals surface area contributed by atoms with Crippen LogP contribution in [0.2, 0.25) is 0 Å². The molecule has 2 aromatic rings. The molecule has 3 N–H and O–H groups in total. The predicted octanol–water partition coefficient (Wildman–Crippen LogP) is 1.45. The summed E-state index contributed by atoms with van der Waals surface area (Å²) in [5.41, 5.74) is 1.38. The minimum atomic E-state index is -1.33. The Hall–Kier alpha value is -1.50. The molecule has 104 valence electrons. The number of hydrogen-bond donors (Lipinski definition) is 1. The molecule has 0 aliphatic heterocycles. The Bertz CT molecular complexity index is 589. The van der Waals surface area contributed by atoms with Crippen molar-refractivity contribution in [3.8, 4) is 11.5 Å². The topological polar surface area (TPSA) is 61.6 Å². The Morgan fingerprint density at radius 2 is 2.00 bits per heavy atom. The standard InChI is InChI=1S/C14H14BBrO4/c1-19-11-5-2-4-10(8-11)9-20-14-12(15(17)18)6-3-7-13(14)16/h2-8,17-18H,9H2,1H3/p+1. The van der Waals surface area contributed by atoms with E-state index >= 15 is 0 Å². The van der Waals surface area contributed by atoms with Gasteiger partial charge in [0.2, 0.25) is 0 Å². The van der Waals surface area contributed by atoms with E-state index in [1.165, 1.54) is 0 Å². The lowest BCUT2D eigenvalue weighted by molar-refractivity contribution is 0.304. The van der Waals surface area contributed by atoms with Crippen molar-refractivity contribution in [2.45, 2.75) is 6.61 Å². The number of methoxy groups -OCH3 is 1.